The summed E-state index contributed by atoms with van der Waals surface area (Å²) in [6.45, 7) is 3.39. The van der Waals surface area contributed by atoms with Crippen molar-refractivity contribution in [2.24, 2.45) is 12.8 Å². The Hall–Kier alpha value is -0.870. The van der Waals surface area contributed by atoms with Crippen LogP contribution in [0.25, 0.3) is 0 Å². The van der Waals surface area contributed by atoms with Crippen LogP contribution in [-0.2, 0) is 11.8 Å². The van der Waals surface area contributed by atoms with Gasteiger partial charge in [-0.3, -0.25) is 4.68 Å². The number of rotatable bonds is 5. The van der Waals surface area contributed by atoms with Crippen LogP contribution in [0.2, 0.25) is 0 Å². The lowest BCUT2D eigenvalue weighted by atomic mass is 10.2. The van der Waals surface area contributed by atoms with Crippen molar-refractivity contribution in [3.63, 3.8) is 0 Å². The van der Waals surface area contributed by atoms with Gasteiger partial charge in [0.25, 0.3) is 0 Å². The van der Waals surface area contributed by atoms with Crippen molar-refractivity contribution in [2.45, 2.75) is 19.4 Å². The van der Waals surface area contributed by atoms with Gasteiger partial charge in [-0.25, -0.2) is 0 Å². The Bertz CT molecular complexity index is 247. The lowest BCUT2D eigenvalue weighted by Gasteiger charge is -2.08. The van der Waals surface area contributed by atoms with Crippen LogP contribution in [0.1, 0.15) is 25.1 Å². The lowest BCUT2D eigenvalue weighted by molar-refractivity contribution is 0.120. The van der Waals surface area contributed by atoms with E-state index < -0.39 is 0 Å². The molecule has 4 heteroatoms. The number of ether oxygens (including phenoxy) is 1. The molecule has 0 saturated heterocycles. The van der Waals surface area contributed by atoms with Crippen molar-refractivity contribution in [3.8, 4) is 0 Å². The normalized spacial score (nSPS) is 13.2. The van der Waals surface area contributed by atoms with Gasteiger partial charge in [-0.15, -0.1) is 0 Å². The van der Waals surface area contributed by atoms with Gasteiger partial charge in [0, 0.05) is 19.9 Å². The minimum atomic E-state index is -0.104. The van der Waals surface area contributed by atoms with Crippen LogP contribution in [0.15, 0.2) is 12.3 Å². The predicted molar refractivity (Wildman–Crippen MR) is 51.2 cm³/mol. The van der Waals surface area contributed by atoms with Crippen molar-refractivity contribution in [2.75, 3.05) is 13.2 Å². The number of nitrogens with zero attached hydrogens (tertiary/aromatic N) is 2. The minimum Gasteiger partial charge on any atom is -0.379 e. The SMILES string of the molecule is CCCOCC(N)c1ccn(C)n1. The number of nitrogens with two attached hydrogens (primary N) is 1. The maximum Gasteiger partial charge on any atom is 0.0815 e. The van der Waals surface area contributed by atoms with Crippen molar-refractivity contribution in [1.82, 2.24) is 9.78 Å². The molecule has 0 radical (unpaired) electrons. The van der Waals surface area contributed by atoms with Crippen molar-refractivity contribution in [3.05, 3.63) is 18.0 Å². The molecule has 4 nitrogen and oxygen atoms in total. The number of aromatic nitrogens is 2. The van der Waals surface area contributed by atoms with Crippen LogP contribution in [-0.4, -0.2) is 23.0 Å². The third kappa shape index (κ3) is 3.16. The molecule has 0 aromatic carbocycles. The molecule has 0 aliphatic heterocycles. The number of aryl methyl sites for hydroxylation is 1. The first-order chi connectivity index (χ1) is 6.24. The van der Waals surface area contributed by atoms with Crippen molar-refractivity contribution >= 4 is 0 Å². The van der Waals surface area contributed by atoms with E-state index in [0.29, 0.717) is 6.61 Å². The fourth-order valence-electron chi connectivity index (χ4n) is 1.07. The molecule has 2 N–H and O–H groups in total. The van der Waals surface area contributed by atoms with E-state index in [9.17, 15) is 0 Å². The standard InChI is InChI=1S/C9H17N3O/c1-3-6-13-7-8(10)9-4-5-12(2)11-9/h4-5,8H,3,6-7,10H2,1-2H3. The molecule has 0 fully saturated rings. The van der Waals surface area contributed by atoms with Crippen LogP contribution in [0.4, 0.5) is 0 Å². The second-order valence-corrected chi connectivity index (χ2v) is 3.10. The van der Waals surface area contributed by atoms with Gasteiger partial charge in [0.1, 0.15) is 0 Å². The Balaban J connectivity index is 2.35. The molecule has 1 aromatic rings. The van der Waals surface area contributed by atoms with Gasteiger partial charge in [0.15, 0.2) is 0 Å². The zero-order valence-electron chi connectivity index (χ0n) is 8.23. The van der Waals surface area contributed by atoms with Crippen molar-refractivity contribution < 1.29 is 4.74 Å². The van der Waals surface area contributed by atoms with Crippen LogP contribution < -0.4 is 5.73 Å². The molecule has 0 aliphatic carbocycles. The Morgan fingerprint density at radius 1 is 1.69 bits per heavy atom. The van der Waals surface area contributed by atoms with Crippen LogP contribution >= 0.6 is 0 Å². The van der Waals surface area contributed by atoms with Gasteiger partial charge in [0.2, 0.25) is 0 Å². The van der Waals surface area contributed by atoms with Gasteiger partial charge >= 0.3 is 0 Å². The Kier molecular flexibility index (Phi) is 3.92. The highest BCUT2D eigenvalue weighted by molar-refractivity contribution is 5.04. The van der Waals surface area contributed by atoms with Crippen LogP contribution in [0.5, 0.6) is 0 Å². The molecule has 0 spiro atoms. The maximum absolute atomic E-state index is 5.85. The molecule has 0 aliphatic rings. The van der Waals surface area contributed by atoms with Gasteiger partial charge in [-0.2, -0.15) is 5.10 Å². The molecular formula is C9H17N3O. The third-order valence-corrected chi connectivity index (χ3v) is 1.76. The van der Waals surface area contributed by atoms with Crippen LogP contribution in [0, 0.1) is 0 Å². The molecule has 1 heterocycles. The summed E-state index contributed by atoms with van der Waals surface area (Å²) in [4.78, 5) is 0. The fourth-order valence-corrected chi connectivity index (χ4v) is 1.07. The first-order valence-electron chi connectivity index (χ1n) is 4.57. The van der Waals surface area contributed by atoms with E-state index >= 15 is 0 Å². The van der Waals surface area contributed by atoms with E-state index in [1.807, 2.05) is 19.3 Å². The molecule has 0 amide bonds. The average Bonchev–Trinajstić information content (AvgIpc) is 2.52. The van der Waals surface area contributed by atoms with Gasteiger partial charge in [0.05, 0.1) is 18.3 Å². The Labute approximate surface area is 78.7 Å². The van der Waals surface area contributed by atoms with Crippen molar-refractivity contribution in [1.29, 1.82) is 0 Å². The van der Waals surface area contributed by atoms with E-state index in [0.717, 1.165) is 18.7 Å². The summed E-state index contributed by atoms with van der Waals surface area (Å²) in [6.07, 6.45) is 2.91. The number of hydrogen-bond donors (Lipinski definition) is 1. The maximum atomic E-state index is 5.85. The summed E-state index contributed by atoms with van der Waals surface area (Å²) in [6, 6.07) is 1.81. The summed E-state index contributed by atoms with van der Waals surface area (Å²) in [5.74, 6) is 0. The first-order valence-corrected chi connectivity index (χ1v) is 4.57. The molecule has 74 valence electrons. The highest BCUT2D eigenvalue weighted by Crippen LogP contribution is 2.06. The smallest absolute Gasteiger partial charge is 0.0815 e. The molecule has 1 aromatic heterocycles. The van der Waals surface area contributed by atoms with Gasteiger partial charge < -0.3 is 10.5 Å². The zero-order valence-corrected chi connectivity index (χ0v) is 8.23. The second kappa shape index (κ2) is 4.99. The second-order valence-electron chi connectivity index (χ2n) is 3.10. The van der Waals surface area contributed by atoms with Crippen LogP contribution in [0.3, 0.4) is 0 Å². The molecular weight excluding hydrogens is 166 g/mol. The fraction of sp³-hybridized carbons (Fsp3) is 0.667. The monoisotopic (exact) mass is 183 g/mol. The highest BCUT2D eigenvalue weighted by Gasteiger charge is 2.08. The lowest BCUT2D eigenvalue weighted by Crippen LogP contribution is -2.18. The topological polar surface area (TPSA) is 53.1 Å². The quantitative estimate of drug-likeness (QED) is 0.688. The largest absolute Gasteiger partial charge is 0.379 e. The van der Waals surface area contributed by atoms with Gasteiger partial charge in [-0.05, 0) is 12.5 Å². The summed E-state index contributed by atoms with van der Waals surface area (Å²) in [5, 5.41) is 4.20. The summed E-state index contributed by atoms with van der Waals surface area (Å²) in [5.41, 5.74) is 6.74. The predicted octanol–water partition coefficient (Wildman–Crippen LogP) is 0.846. The Morgan fingerprint density at radius 3 is 3.00 bits per heavy atom. The molecule has 1 atom stereocenters. The van der Waals surface area contributed by atoms with E-state index in [1.165, 1.54) is 0 Å². The van der Waals surface area contributed by atoms with E-state index in [4.69, 9.17) is 10.5 Å². The number of hydrogen-bond acceptors (Lipinski definition) is 3. The molecule has 0 saturated carbocycles. The summed E-state index contributed by atoms with van der Waals surface area (Å²) in [7, 11) is 1.88. The molecule has 0 bridgehead atoms. The summed E-state index contributed by atoms with van der Waals surface area (Å²) >= 11 is 0. The first kappa shape index (κ1) is 10.2. The Morgan fingerprint density at radius 2 is 2.46 bits per heavy atom. The summed E-state index contributed by atoms with van der Waals surface area (Å²) < 4.78 is 7.08. The van der Waals surface area contributed by atoms with E-state index in [1.54, 1.807) is 4.68 Å². The van der Waals surface area contributed by atoms with E-state index in [-0.39, 0.29) is 6.04 Å². The molecule has 1 unspecified atom stereocenters. The average molecular weight is 183 g/mol. The molecule has 13 heavy (non-hydrogen) atoms. The third-order valence-electron chi connectivity index (χ3n) is 1.76. The van der Waals surface area contributed by atoms with E-state index in [2.05, 4.69) is 12.0 Å². The minimum absolute atomic E-state index is 0.104. The van der Waals surface area contributed by atoms with Gasteiger partial charge in [-0.1, -0.05) is 6.92 Å². The highest BCUT2D eigenvalue weighted by atomic mass is 16.5. The zero-order chi connectivity index (χ0) is 9.68. The molecule has 1 rings (SSSR count).